The average Bonchev–Trinajstić information content (AvgIpc) is 3.17. The zero-order chi connectivity index (χ0) is 19.4. The summed E-state index contributed by atoms with van der Waals surface area (Å²) in [6.07, 6.45) is 5.47. The highest BCUT2D eigenvalue weighted by atomic mass is 16.2. The number of rotatable bonds is 4. The topological polar surface area (TPSA) is 49.4 Å². The van der Waals surface area contributed by atoms with Gasteiger partial charge in [0, 0.05) is 30.4 Å². The smallest absolute Gasteiger partial charge is 0.254 e. The molecule has 0 bridgehead atoms. The number of nitrogens with zero attached hydrogens (tertiary/aromatic N) is 1. The van der Waals surface area contributed by atoms with E-state index in [2.05, 4.69) is 11.4 Å². The van der Waals surface area contributed by atoms with Crippen LogP contribution in [0.1, 0.15) is 45.5 Å². The second-order valence-corrected chi connectivity index (χ2v) is 7.16. The molecule has 1 N–H and O–H groups in total. The summed E-state index contributed by atoms with van der Waals surface area (Å²) in [4.78, 5) is 26.9. The van der Waals surface area contributed by atoms with Crippen molar-refractivity contribution in [1.29, 1.82) is 0 Å². The van der Waals surface area contributed by atoms with Gasteiger partial charge in [-0.25, -0.2) is 0 Å². The van der Waals surface area contributed by atoms with Gasteiger partial charge in [-0.2, -0.15) is 0 Å². The van der Waals surface area contributed by atoms with Crippen LogP contribution >= 0.6 is 0 Å². The lowest BCUT2D eigenvalue weighted by atomic mass is 10.0. The van der Waals surface area contributed by atoms with Crippen molar-refractivity contribution in [2.24, 2.45) is 0 Å². The molecule has 1 aliphatic rings. The zero-order valence-electron chi connectivity index (χ0n) is 16.2. The van der Waals surface area contributed by atoms with E-state index in [1.54, 1.807) is 0 Å². The number of likely N-dealkylation sites (tertiary alicyclic amines) is 1. The molecule has 0 spiro atoms. The van der Waals surface area contributed by atoms with E-state index in [-0.39, 0.29) is 11.8 Å². The Morgan fingerprint density at radius 3 is 2.48 bits per heavy atom. The molecule has 4 heteroatoms. The van der Waals surface area contributed by atoms with E-state index in [9.17, 15) is 9.59 Å². The van der Waals surface area contributed by atoms with Crippen LogP contribution in [0.5, 0.6) is 0 Å². The third kappa shape index (κ3) is 4.45. The Kier molecular flexibility index (Phi) is 5.75. The molecule has 0 unspecified atom stereocenters. The van der Waals surface area contributed by atoms with Gasteiger partial charge in [0.05, 0.1) is 0 Å². The normalized spacial score (nSPS) is 14.0. The standard InChI is InChI=1S/C23H26N2O2/c1-16-9-10-19(17(2)15-16)11-12-22(26)24-21-8-6-7-20(18(21)3)23(27)25-13-4-5-14-25/h6-12,15H,4-5,13-14H2,1-3H3,(H,24,26)/b12-11+. The molecule has 0 saturated carbocycles. The van der Waals surface area contributed by atoms with Gasteiger partial charge in [-0.1, -0.05) is 29.8 Å². The number of aryl methyl sites for hydroxylation is 2. The molecule has 1 aliphatic heterocycles. The van der Waals surface area contributed by atoms with Gasteiger partial charge in [-0.3, -0.25) is 9.59 Å². The van der Waals surface area contributed by atoms with Crippen molar-refractivity contribution in [1.82, 2.24) is 4.90 Å². The highest BCUT2D eigenvalue weighted by Gasteiger charge is 2.21. The predicted molar refractivity (Wildman–Crippen MR) is 110 cm³/mol. The largest absolute Gasteiger partial charge is 0.339 e. The van der Waals surface area contributed by atoms with Gasteiger partial charge >= 0.3 is 0 Å². The summed E-state index contributed by atoms with van der Waals surface area (Å²) in [7, 11) is 0. The highest BCUT2D eigenvalue weighted by molar-refractivity contribution is 6.04. The Balaban J connectivity index is 1.73. The van der Waals surface area contributed by atoms with Crippen LogP contribution in [0.2, 0.25) is 0 Å². The van der Waals surface area contributed by atoms with Crippen LogP contribution < -0.4 is 5.32 Å². The number of amides is 2. The lowest BCUT2D eigenvalue weighted by molar-refractivity contribution is -0.111. The quantitative estimate of drug-likeness (QED) is 0.814. The first-order chi connectivity index (χ1) is 13.0. The molecule has 0 atom stereocenters. The lowest BCUT2D eigenvalue weighted by Crippen LogP contribution is -2.28. The number of nitrogens with one attached hydrogen (secondary N) is 1. The Labute approximate surface area is 160 Å². The second kappa shape index (κ2) is 8.21. The molecule has 27 heavy (non-hydrogen) atoms. The van der Waals surface area contributed by atoms with Crippen LogP contribution in [0.15, 0.2) is 42.5 Å². The van der Waals surface area contributed by atoms with Gasteiger partial charge in [-0.15, -0.1) is 0 Å². The minimum absolute atomic E-state index is 0.0481. The summed E-state index contributed by atoms with van der Waals surface area (Å²) in [6.45, 7) is 7.59. The van der Waals surface area contributed by atoms with Gasteiger partial charge < -0.3 is 10.2 Å². The van der Waals surface area contributed by atoms with E-state index in [1.807, 2.05) is 62.1 Å². The predicted octanol–water partition coefficient (Wildman–Crippen LogP) is 4.50. The number of carbonyl (C=O) groups excluding carboxylic acids is 2. The maximum absolute atomic E-state index is 12.7. The number of benzene rings is 2. The summed E-state index contributed by atoms with van der Waals surface area (Å²) >= 11 is 0. The van der Waals surface area contributed by atoms with Crippen molar-refractivity contribution in [3.8, 4) is 0 Å². The molecular weight excluding hydrogens is 336 g/mol. The Morgan fingerprint density at radius 1 is 1.04 bits per heavy atom. The molecule has 2 amide bonds. The zero-order valence-corrected chi connectivity index (χ0v) is 16.2. The molecule has 3 rings (SSSR count). The average molecular weight is 362 g/mol. The number of hydrogen-bond donors (Lipinski definition) is 1. The minimum atomic E-state index is -0.205. The molecule has 2 aromatic carbocycles. The van der Waals surface area contributed by atoms with E-state index < -0.39 is 0 Å². The first kappa shape index (κ1) is 18.9. The van der Waals surface area contributed by atoms with Gasteiger partial charge in [-0.05, 0) is 68.5 Å². The fourth-order valence-corrected chi connectivity index (χ4v) is 3.45. The van der Waals surface area contributed by atoms with Crippen molar-refractivity contribution < 1.29 is 9.59 Å². The summed E-state index contributed by atoms with van der Waals surface area (Å²) in [6, 6.07) is 11.6. The molecule has 1 heterocycles. The van der Waals surface area contributed by atoms with Crippen molar-refractivity contribution in [3.05, 3.63) is 70.3 Å². The minimum Gasteiger partial charge on any atom is -0.339 e. The number of carbonyl (C=O) groups is 2. The van der Waals surface area contributed by atoms with E-state index in [4.69, 9.17) is 0 Å². The number of anilines is 1. The first-order valence-electron chi connectivity index (χ1n) is 9.41. The molecule has 1 saturated heterocycles. The third-order valence-corrected chi connectivity index (χ3v) is 5.05. The van der Waals surface area contributed by atoms with Crippen molar-refractivity contribution >= 4 is 23.6 Å². The molecule has 0 aromatic heterocycles. The third-order valence-electron chi connectivity index (χ3n) is 5.05. The Morgan fingerprint density at radius 2 is 1.78 bits per heavy atom. The first-order valence-corrected chi connectivity index (χ1v) is 9.41. The molecule has 0 radical (unpaired) electrons. The van der Waals surface area contributed by atoms with Gasteiger partial charge in [0.2, 0.25) is 5.91 Å². The molecule has 4 nitrogen and oxygen atoms in total. The second-order valence-electron chi connectivity index (χ2n) is 7.16. The molecule has 140 valence electrons. The maximum Gasteiger partial charge on any atom is 0.254 e. The van der Waals surface area contributed by atoms with E-state index in [0.717, 1.165) is 42.6 Å². The molecule has 1 fully saturated rings. The van der Waals surface area contributed by atoms with Crippen LogP contribution in [0, 0.1) is 20.8 Å². The SMILES string of the molecule is Cc1ccc(/C=C/C(=O)Nc2cccc(C(=O)N3CCCC3)c2C)c(C)c1. The van der Waals surface area contributed by atoms with Crippen LogP contribution in [-0.4, -0.2) is 29.8 Å². The van der Waals surface area contributed by atoms with Crippen molar-refractivity contribution in [2.45, 2.75) is 33.6 Å². The van der Waals surface area contributed by atoms with Crippen LogP contribution in [0.3, 0.4) is 0 Å². The number of hydrogen-bond acceptors (Lipinski definition) is 2. The van der Waals surface area contributed by atoms with E-state index in [1.165, 1.54) is 11.6 Å². The summed E-state index contributed by atoms with van der Waals surface area (Å²) in [5.41, 5.74) is 5.49. The van der Waals surface area contributed by atoms with Gasteiger partial charge in [0.1, 0.15) is 0 Å². The highest BCUT2D eigenvalue weighted by Crippen LogP contribution is 2.22. The monoisotopic (exact) mass is 362 g/mol. The molecule has 2 aromatic rings. The van der Waals surface area contributed by atoms with Crippen LogP contribution in [-0.2, 0) is 4.79 Å². The van der Waals surface area contributed by atoms with Crippen molar-refractivity contribution in [2.75, 3.05) is 18.4 Å². The maximum atomic E-state index is 12.7. The Bertz CT molecular complexity index is 893. The Hall–Kier alpha value is -2.88. The fourth-order valence-electron chi connectivity index (χ4n) is 3.45. The van der Waals surface area contributed by atoms with E-state index >= 15 is 0 Å². The fraction of sp³-hybridized carbons (Fsp3) is 0.304. The summed E-state index contributed by atoms with van der Waals surface area (Å²) < 4.78 is 0. The lowest BCUT2D eigenvalue weighted by Gasteiger charge is -2.18. The van der Waals surface area contributed by atoms with Gasteiger partial charge in [0.25, 0.3) is 5.91 Å². The summed E-state index contributed by atoms with van der Waals surface area (Å²) in [5, 5.41) is 2.90. The van der Waals surface area contributed by atoms with Crippen LogP contribution in [0.25, 0.3) is 6.08 Å². The van der Waals surface area contributed by atoms with Gasteiger partial charge in [0.15, 0.2) is 0 Å². The van der Waals surface area contributed by atoms with Crippen LogP contribution in [0.4, 0.5) is 5.69 Å². The summed E-state index contributed by atoms with van der Waals surface area (Å²) in [5.74, 6) is -0.157. The van der Waals surface area contributed by atoms with Crippen molar-refractivity contribution in [3.63, 3.8) is 0 Å². The van der Waals surface area contributed by atoms with E-state index in [0.29, 0.717) is 11.3 Å². The molecular formula is C23H26N2O2. The molecule has 0 aliphatic carbocycles.